The van der Waals surface area contributed by atoms with Crippen LogP contribution in [0, 0.1) is 12.8 Å². The number of amides is 1. The summed E-state index contributed by atoms with van der Waals surface area (Å²) in [6.07, 6.45) is 3.32. The molecule has 1 fully saturated rings. The van der Waals surface area contributed by atoms with Gasteiger partial charge < -0.3 is 10.3 Å². The fourth-order valence-corrected chi connectivity index (χ4v) is 2.44. The third kappa shape index (κ3) is 2.13. The van der Waals surface area contributed by atoms with Crippen molar-refractivity contribution in [2.24, 2.45) is 5.92 Å². The lowest BCUT2D eigenvalue weighted by atomic mass is 9.85. The van der Waals surface area contributed by atoms with Gasteiger partial charge in [0.1, 0.15) is 0 Å². The highest BCUT2D eigenvalue weighted by Crippen LogP contribution is 2.26. The van der Waals surface area contributed by atoms with Crippen LogP contribution in [0.4, 0.5) is 0 Å². The Morgan fingerprint density at radius 3 is 2.94 bits per heavy atom. The summed E-state index contributed by atoms with van der Waals surface area (Å²) in [6.45, 7) is 2.69. The molecule has 2 N–H and O–H groups in total. The molecule has 94 valence electrons. The van der Waals surface area contributed by atoms with Gasteiger partial charge in [0.05, 0.1) is 0 Å². The second-order valence-electron chi connectivity index (χ2n) is 5.22. The lowest BCUT2D eigenvalue weighted by Gasteiger charge is -2.24. The number of carbonyl (C=O) groups is 1. The van der Waals surface area contributed by atoms with E-state index in [0.717, 1.165) is 23.9 Å². The van der Waals surface area contributed by atoms with Crippen molar-refractivity contribution in [1.82, 2.24) is 10.3 Å². The fourth-order valence-electron chi connectivity index (χ4n) is 2.44. The normalized spacial score (nSPS) is 15.6. The molecule has 1 aliphatic carbocycles. The van der Waals surface area contributed by atoms with Gasteiger partial charge in [0.2, 0.25) is 5.91 Å². The van der Waals surface area contributed by atoms with Crippen molar-refractivity contribution >= 4 is 16.8 Å². The SMILES string of the molecule is Cc1cc2cc(CNC(=O)C3CCC3)ccc2[nH]1. The van der Waals surface area contributed by atoms with E-state index in [4.69, 9.17) is 0 Å². The van der Waals surface area contributed by atoms with E-state index in [1.807, 2.05) is 0 Å². The van der Waals surface area contributed by atoms with E-state index in [1.54, 1.807) is 0 Å². The fraction of sp³-hybridized carbons (Fsp3) is 0.400. The molecule has 0 aliphatic heterocycles. The van der Waals surface area contributed by atoms with Crippen LogP contribution in [-0.4, -0.2) is 10.9 Å². The maximum atomic E-state index is 11.7. The van der Waals surface area contributed by atoms with E-state index in [-0.39, 0.29) is 11.8 Å². The van der Waals surface area contributed by atoms with Crippen LogP contribution in [0.1, 0.15) is 30.5 Å². The van der Waals surface area contributed by atoms with Crippen LogP contribution in [0.2, 0.25) is 0 Å². The number of aromatic amines is 1. The molecule has 1 saturated carbocycles. The lowest BCUT2D eigenvalue weighted by molar-refractivity contribution is -0.127. The Morgan fingerprint density at radius 1 is 1.39 bits per heavy atom. The van der Waals surface area contributed by atoms with Crippen LogP contribution in [0.5, 0.6) is 0 Å². The summed E-state index contributed by atoms with van der Waals surface area (Å²) in [6, 6.07) is 8.42. The number of hydrogen-bond acceptors (Lipinski definition) is 1. The first-order valence-corrected chi connectivity index (χ1v) is 6.58. The topological polar surface area (TPSA) is 44.9 Å². The van der Waals surface area contributed by atoms with Crippen molar-refractivity contribution in [3.05, 3.63) is 35.5 Å². The van der Waals surface area contributed by atoms with Gasteiger partial charge in [-0.25, -0.2) is 0 Å². The van der Waals surface area contributed by atoms with E-state index >= 15 is 0 Å². The van der Waals surface area contributed by atoms with Crippen molar-refractivity contribution in [2.75, 3.05) is 0 Å². The average Bonchev–Trinajstić information content (AvgIpc) is 2.63. The smallest absolute Gasteiger partial charge is 0.223 e. The first-order valence-electron chi connectivity index (χ1n) is 6.58. The van der Waals surface area contributed by atoms with E-state index in [9.17, 15) is 4.79 Å². The summed E-state index contributed by atoms with van der Waals surface area (Å²) in [4.78, 5) is 15.0. The molecule has 1 aliphatic rings. The Morgan fingerprint density at radius 2 is 2.22 bits per heavy atom. The second-order valence-corrected chi connectivity index (χ2v) is 5.22. The highest BCUT2D eigenvalue weighted by Gasteiger charge is 2.24. The number of H-pyrrole nitrogens is 1. The number of carbonyl (C=O) groups excluding carboxylic acids is 1. The molecule has 0 spiro atoms. The maximum Gasteiger partial charge on any atom is 0.223 e. The summed E-state index contributed by atoms with van der Waals surface area (Å²) >= 11 is 0. The zero-order valence-corrected chi connectivity index (χ0v) is 10.6. The first kappa shape index (κ1) is 11.3. The number of hydrogen-bond donors (Lipinski definition) is 2. The second kappa shape index (κ2) is 4.48. The van der Waals surface area contributed by atoms with E-state index in [2.05, 4.69) is 41.5 Å². The molecular formula is C15H18N2O. The van der Waals surface area contributed by atoms with Crippen molar-refractivity contribution in [3.63, 3.8) is 0 Å². The minimum atomic E-state index is 0.214. The first-order chi connectivity index (χ1) is 8.72. The summed E-state index contributed by atoms with van der Waals surface area (Å²) < 4.78 is 0. The molecule has 1 aromatic heterocycles. The molecule has 0 saturated heterocycles. The number of fused-ring (bicyclic) bond motifs is 1. The van der Waals surface area contributed by atoms with Gasteiger partial charge in [0, 0.05) is 23.7 Å². The largest absolute Gasteiger partial charge is 0.359 e. The average molecular weight is 242 g/mol. The van der Waals surface area contributed by atoms with Gasteiger partial charge >= 0.3 is 0 Å². The van der Waals surface area contributed by atoms with E-state index < -0.39 is 0 Å². The molecular weight excluding hydrogens is 224 g/mol. The van der Waals surface area contributed by atoms with Gasteiger partial charge in [0.25, 0.3) is 0 Å². The van der Waals surface area contributed by atoms with Gasteiger partial charge in [-0.2, -0.15) is 0 Å². The van der Waals surface area contributed by atoms with Gasteiger partial charge in [-0.3, -0.25) is 4.79 Å². The van der Waals surface area contributed by atoms with E-state index in [1.165, 1.54) is 17.5 Å². The predicted octanol–water partition coefficient (Wildman–Crippen LogP) is 2.89. The van der Waals surface area contributed by atoms with Crippen molar-refractivity contribution in [2.45, 2.75) is 32.7 Å². The predicted molar refractivity (Wildman–Crippen MR) is 72.2 cm³/mol. The van der Waals surface area contributed by atoms with Crippen LogP contribution < -0.4 is 5.32 Å². The minimum absolute atomic E-state index is 0.214. The molecule has 3 heteroatoms. The molecule has 3 rings (SSSR count). The molecule has 0 unspecified atom stereocenters. The Bertz CT molecular complexity index is 581. The Balaban J connectivity index is 1.68. The lowest BCUT2D eigenvalue weighted by Crippen LogP contribution is -2.33. The molecule has 3 nitrogen and oxygen atoms in total. The molecule has 0 atom stereocenters. The maximum absolute atomic E-state index is 11.7. The zero-order valence-electron chi connectivity index (χ0n) is 10.6. The van der Waals surface area contributed by atoms with Crippen LogP contribution >= 0.6 is 0 Å². The monoisotopic (exact) mass is 242 g/mol. The molecule has 1 heterocycles. The number of benzene rings is 1. The zero-order chi connectivity index (χ0) is 12.5. The van der Waals surface area contributed by atoms with Gasteiger partial charge in [-0.1, -0.05) is 12.5 Å². The summed E-state index contributed by atoms with van der Waals surface area (Å²) in [5.41, 5.74) is 3.48. The van der Waals surface area contributed by atoms with E-state index in [0.29, 0.717) is 6.54 Å². The van der Waals surface area contributed by atoms with Gasteiger partial charge in [-0.05, 0) is 48.9 Å². The Kier molecular flexibility index (Phi) is 2.82. The van der Waals surface area contributed by atoms with Crippen LogP contribution in [0.25, 0.3) is 10.9 Å². The molecule has 1 amide bonds. The Labute approximate surface area is 107 Å². The van der Waals surface area contributed by atoms with Gasteiger partial charge in [0.15, 0.2) is 0 Å². The quantitative estimate of drug-likeness (QED) is 0.854. The molecule has 18 heavy (non-hydrogen) atoms. The third-order valence-electron chi connectivity index (χ3n) is 3.76. The molecule has 0 bridgehead atoms. The van der Waals surface area contributed by atoms with Crippen LogP contribution in [-0.2, 0) is 11.3 Å². The standard InChI is InChI=1S/C15H18N2O/c1-10-7-13-8-11(5-6-14(13)17-10)9-16-15(18)12-3-2-4-12/h5-8,12,17H,2-4,9H2,1H3,(H,16,18). The van der Waals surface area contributed by atoms with Crippen molar-refractivity contribution < 1.29 is 4.79 Å². The molecule has 1 aromatic carbocycles. The molecule has 2 aromatic rings. The minimum Gasteiger partial charge on any atom is -0.359 e. The van der Waals surface area contributed by atoms with Crippen molar-refractivity contribution in [3.8, 4) is 0 Å². The third-order valence-corrected chi connectivity index (χ3v) is 3.76. The number of aromatic nitrogens is 1. The summed E-state index contributed by atoms with van der Waals surface area (Å²) in [5, 5.41) is 4.23. The van der Waals surface area contributed by atoms with Crippen LogP contribution in [0.3, 0.4) is 0 Å². The van der Waals surface area contributed by atoms with Gasteiger partial charge in [-0.15, -0.1) is 0 Å². The Hall–Kier alpha value is -1.77. The number of nitrogens with one attached hydrogen (secondary N) is 2. The summed E-state index contributed by atoms with van der Waals surface area (Å²) in [5.74, 6) is 0.481. The van der Waals surface area contributed by atoms with Crippen LogP contribution in [0.15, 0.2) is 24.3 Å². The summed E-state index contributed by atoms with van der Waals surface area (Å²) in [7, 11) is 0. The molecule has 0 radical (unpaired) electrons. The number of aryl methyl sites for hydroxylation is 1. The van der Waals surface area contributed by atoms with Crippen molar-refractivity contribution in [1.29, 1.82) is 0 Å². The highest BCUT2D eigenvalue weighted by molar-refractivity contribution is 5.82. The number of rotatable bonds is 3. The highest BCUT2D eigenvalue weighted by atomic mass is 16.1.